The number of nitrogens with two attached hydrogens (primary N) is 1. The second-order valence-corrected chi connectivity index (χ2v) is 9.34. The van der Waals surface area contributed by atoms with E-state index in [9.17, 15) is 9.59 Å². The van der Waals surface area contributed by atoms with E-state index in [4.69, 9.17) is 32.3 Å². The average molecular weight is 592 g/mol. The van der Waals surface area contributed by atoms with Gasteiger partial charge in [-0.15, -0.1) is 0 Å². The van der Waals surface area contributed by atoms with Gasteiger partial charge < -0.3 is 30.9 Å². The van der Waals surface area contributed by atoms with Gasteiger partial charge in [-0.3, -0.25) is 9.59 Å². The van der Waals surface area contributed by atoms with Gasteiger partial charge in [0.15, 0.2) is 0 Å². The number of nitrogens with one attached hydrogen (secondary N) is 1. The SMILES string of the molecule is C1CCOC1.C=C(C)C(=O)Cl.C=C(C)C(=O)NCc1ccc(O)cc1.CCN(CC)CC.NCc1ccc(O)cc1. The van der Waals surface area contributed by atoms with Crippen molar-refractivity contribution in [1.29, 1.82) is 0 Å². The molecule has 0 unspecified atom stereocenters. The molecule has 5 N–H and O–H groups in total. The summed E-state index contributed by atoms with van der Waals surface area (Å²) in [5.74, 6) is 0.352. The molecule has 0 spiro atoms. The van der Waals surface area contributed by atoms with E-state index in [0.29, 0.717) is 24.2 Å². The fraction of sp³-hybridized carbons (Fsp3) is 0.438. The van der Waals surface area contributed by atoms with E-state index in [2.05, 4.69) is 44.1 Å². The van der Waals surface area contributed by atoms with Crippen molar-refractivity contribution in [2.24, 2.45) is 5.73 Å². The van der Waals surface area contributed by atoms with Gasteiger partial charge in [-0.2, -0.15) is 0 Å². The maximum Gasteiger partial charge on any atom is 0.247 e. The van der Waals surface area contributed by atoms with Crippen molar-refractivity contribution >= 4 is 22.8 Å². The third-order valence-electron chi connectivity index (χ3n) is 5.45. The second-order valence-electron chi connectivity index (χ2n) is 8.99. The van der Waals surface area contributed by atoms with E-state index in [1.165, 1.54) is 32.5 Å². The predicted molar refractivity (Wildman–Crippen MR) is 170 cm³/mol. The molecule has 230 valence electrons. The minimum absolute atomic E-state index is 0.155. The summed E-state index contributed by atoms with van der Waals surface area (Å²) >= 11 is 4.87. The molecule has 0 bridgehead atoms. The van der Waals surface area contributed by atoms with Gasteiger partial charge in [0.05, 0.1) is 0 Å². The van der Waals surface area contributed by atoms with Gasteiger partial charge in [-0.25, -0.2) is 0 Å². The molecule has 0 atom stereocenters. The van der Waals surface area contributed by atoms with E-state index < -0.39 is 5.24 Å². The number of hydrogen-bond donors (Lipinski definition) is 4. The van der Waals surface area contributed by atoms with Crippen LogP contribution >= 0.6 is 11.6 Å². The van der Waals surface area contributed by atoms with E-state index in [0.717, 1.165) is 24.3 Å². The first-order valence-corrected chi connectivity index (χ1v) is 14.1. The molecule has 0 aliphatic carbocycles. The molecule has 3 rings (SSSR count). The Hall–Kier alpha value is -3.17. The van der Waals surface area contributed by atoms with Gasteiger partial charge in [-0.05, 0) is 93.3 Å². The Kier molecular flexibility index (Phi) is 25.1. The molecule has 0 saturated carbocycles. The fourth-order valence-electron chi connectivity index (χ4n) is 2.76. The molecule has 2 aromatic carbocycles. The Labute approximate surface area is 251 Å². The molecule has 1 fully saturated rings. The first-order valence-electron chi connectivity index (χ1n) is 13.8. The summed E-state index contributed by atoms with van der Waals surface area (Å²) in [4.78, 5) is 23.3. The summed E-state index contributed by atoms with van der Waals surface area (Å²) < 4.78 is 4.94. The molecule has 2 aromatic rings. The zero-order valence-electron chi connectivity index (χ0n) is 25.4. The predicted octanol–water partition coefficient (Wildman–Crippen LogP) is 5.91. The largest absolute Gasteiger partial charge is 0.508 e. The number of nitrogens with zero attached hydrogens (tertiary/aromatic N) is 1. The van der Waals surface area contributed by atoms with Crippen LogP contribution in [0.3, 0.4) is 0 Å². The number of aromatic hydroxyl groups is 2. The van der Waals surface area contributed by atoms with Gasteiger partial charge in [-0.1, -0.05) is 58.2 Å². The Balaban J connectivity index is 0. The van der Waals surface area contributed by atoms with Crippen molar-refractivity contribution < 1.29 is 24.5 Å². The summed E-state index contributed by atoms with van der Waals surface area (Å²) in [7, 11) is 0. The molecule has 9 heteroatoms. The van der Waals surface area contributed by atoms with Gasteiger partial charge in [0.25, 0.3) is 0 Å². The van der Waals surface area contributed by atoms with Crippen LogP contribution in [0.15, 0.2) is 72.8 Å². The first kappa shape index (κ1) is 40.0. The molecule has 8 nitrogen and oxygen atoms in total. The van der Waals surface area contributed by atoms with Crippen molar-refractivity contribution in [3.8, 4) is 11.5 Å². The lowest BCUT2D eigenvalue weighted by atomic mass is 10.2. The molecule has 1 aliphatic rings. The molecular weight excluding hydrogens is 542 g/mol. The van der Waals surface area contributed by atoms with Crippen LogP contribution in [0.25, 0.3) is 0 Å². The Morgan fingerprint density at radius 3 is 1.49 bits per heavy atom. The van der Waals surface area contributed by atoms with Crippen molar-refractivity contribution in [3.05, 3.63) is 84.0 Å². The highest BCUT2D eigenvalue weighted by molar-refractivity contribution is 6.67. The molecule has 1 aliphatic heterocycles. The average Bonchev–Trinajstić information content (AvgIpc) is 3.55. The summed E-state index contributed by atoms with van der Waals surface area (Å²) in [5, 5.41) is 20.1. The molecule has 1 amide bonds. The Morgan fingerprint density at radius 1 is 0.854 bits per heavy atom. The summed E-state index contributed by atoms with van der Waals surface area (Å²) in [6.45, 7) is 23.1. The summed E-state index contributed by atoms with van der Waals surface area (Å²) in [6.07, 6.45) is 2.56. The summed E-state index contributed by atoms with van der Waals surface area (Å²) in [6, 6.07) is 13.5. The van der Waals surface area contributed by atoms with Crippen molar-refractivity contribution in [1.82, 2.24) is 10.2 Å². The smallest absolute Gasteiger partial charge is 0.247 e. The Bertz CT molecular complexity index is 962. The molecule has 1 heterocycles. The van der Waals surface area contributed by atoms with Crippen molar-refractivity contribution in [2.75, 3.05) is 32.8 Å². The van der Waals surface area contributed by atoms with Gasteiger partial charge in [0.2, 0.25) is 11.1 Å². The lowest BCUT2D eigenvalue weighted by molar-refractivity contribution is -0.117. The molecular formula is C32H50ClN3O5. The number of amides is 1. The Morgan fingerprint density at radius 2 is 1.24 bits per heavy atom. The minimum atomic E-state index is -0.463. The third kappa shape index (κ3) is 24.4. The number of carbonyl (C=O) groups is 2. The van der Waals surface area contributed by atoms with Crippen LogP contribution in [0, 0.1) is 0 Å². The normalized spacial score (nSPS) is 11.1. The third-order valence-corrected chi connectivity index (χ3v) is 5.78. The highest BCUT2D eigenvalue weighted by atomic mass is 35.5. The number of phenolic OH excluding ortho intramolecular Hbond substituents is 2. The quantitative estimate of drug-likeness (QED) is 0.222. The monoisotopic (exact) mass is 591 g/mol. The zero-order chi connectivity index (χ0) is 31.6. The molecule has 41 heavy (non-hydrogen) atoms. The number of ether oxygens (including phenoxy) is 1. The van der Waals surface area contributed by atoms with E-state index >= 15 is 0 Å². The van der Waals surface area contributed by atoms with Crippen LogP contribution in [0.2, 0.25) is 0 Å². The minimum Gasteiger partial charge on any atom is -0.508 e. The van der Waals surface area contributed by atoms with Crippen molar-refractivity contribution in [3.63, 3.8) is 0 Å². The van der Waals surface area contributed by atoms with E-state index in [1.807, 2.05) is 0 Å². The highest BCUT2D eigenvalue weighted by Gasteiger charge is 2.00. The lowest BCUT2D eigenvalue weighted by Crippen LogP contribution is -2.22. The lowest BCUT2D eigenvalue weighted by Gasteiger charge is -2.13. The van der Waals surface area contributed by atoms with Crippen LogP contribution < -0.4 is 11.1 Å². The number of carbonyl (C=O) groups excluding carboxylic acids is 2. The topological polar surface area (TPSA) is 125 Å². The summed E-state index contributed by atoms with van der Waals surface area (Å²) in [5.41, 5.74) is 8.17. The number of phenols is 2. The fourth-order valence-corrected chi connectivity index (χ4v) is 2.76. The second kappa shape index (κ2) is 25.8. The van der Waals surface area contributed by atoms with Gasteiger partial charge in [0.1, 0.15) is 11.5 Å². The number of benzene rings is 2. The number of rotatable bonds is 8. The van der Waals surface area contributed by atoms with E-state index in [-0.39, 0.29) is 17.4 Å². The van der Waals surface area contributed by atoms with Crippen LogP contribution in [-0.4, -0.2) is 59.1 Å². The maximum absolute atomic E-state index is 11.1. The van der Waals surface area contributed by atoms with Crippen LogP contribution in [-0.2, 0) is 27.4 Å². The van der Waals surface area contributed by atoms with Crippen molar-refractivity contribution in [2.45, 2.75) is 60.5 Å². The zero-order valence-corrected chi connectivity index (χ0v) is 26.2. The van der Waals surface area contributed by atoms with Crippen LogP contribution in [0.5, 0.6) is 11.5 Å². The highest BCUT2D eigenvalue weighted by Crippen LogP contribution is 2.09. The number of halogens is 1. The number of hydrogen-bond acceptors (Lipinski definition) is 7. The molecule has 0 radical (unpaired) electrons. The standard InChI is InChI=1S/C11H13NO2.C7H9NO.C6H15N.C4H5ClO.C4H8O/c1-8(2)11(14)12-7-9-3-5-10(13)6-4-9;8-5-6-1-3-7(9)4-2-6;1-4-7(5-2)6-3;1-3(2)4(5)6;1-2-4-5-3-1/h3-6,13H,1,7H2,2H3,(H,12,14);1-4,9H,5,8H2;4-6H2,1-3H3;1H2,2H3;1-4H2. The van der Waals surface area contributed by atoms with Gasteiger partial charge in [0, 0.05) is 37.4 Å². The van der Waals surface area contributed by atoms with Crippen LogP contribution in [0.1, 0.15) is 58.6 Å². The molecule has 0 aromatic heterocycles. The number of allylic oxidation sites excluding steroid dienone is 1. The van der Waals surface area contributed by atoms with E-state index in [1.54, 1.807) is 62.4 Å². The maximum atomic E-state index is 11.1. The first-order chi connectivity index (χ1) is 19.4. The van der Waals surface area contributed by atoms with Gasteiger partial charge >= 0.3 is 0 Å². The molecule has 1 saturated heterocycles. The van der Waals surface area contributed by atoms with Crippen LogP contribution in [0.4, 0.5) is 0 Å².